The zero-order valence-corrected chi connectivity index (χ0v) is 46.5. The summed E-state index contributed by atoms with van der Waals surface area (Å²) < 4.78 is 0. The van der Waals surface area contributed by atoms with Crippen molar-refractivity contribution in [2.75, 3.05) is 90.0 Å². The Morgan fingerprint density at radius 2 is 0.582 bits per heavy atom. The highest BCUT2D eigenvalue weighted by molar-refractivity contribution is 7.99. The van der Waals surface area contributed by atoms with E-state index >= 15 is 0 Å². The van der Waals surface area contributed by atoms with Crippen molar-refractivity contribution >= 4 is 11.8 Å². The van der Waals surface area contributed by atoms with Crippen molar-refractivity contribution in [3.05, 3.63) is 0 Å². The Labute approximate surface area is 423 Å². The number of aliphatic hydroxyl groups is 4. The van der Waals surface area contributed by atoms with E-state index < -0.39 is 0 Å². The summed E-state index contributed by atoms with van der Waals surface area (Å²) in [7, 11) is 0. The van der Waals surface area contributed by atoms with Gasteiger partial charge in [0.05, 0.1) is 24.4 Å². The van der Waals surface area contributed by atoms with Crippen LogP contribution in [0.4, 0.5) is 0 Å². The number of hydrogen-bond acceptors (Lipinski definition) is 9. The summed E-state index contributed by atoms with van der Waals surface area (Å²) in [6, 6.07) is 0. The highest BCUT2D eigenvalue weighted by Crippen LogP contribution is 2.17. The lowest BCUT2D eigenvalue weighted by atomic mass is 10.0. The molecule has 4 N–H and O–H groups in total. The Morgan fingerprint density at radius 1 is 0.328 bits per heavy atom. The van der Waals surface area contributed by atoms with Gasteiger partial charge < -0.3 is 20.4 Å². The fourth-order valence-corrected chi connectivity index (χ4v) is 11.1. The molecule has 67 heavy (non-hydrogen) atoms. The van der Waals surface area contributed by atoms with Crippen LogP contribution >= 0.6 is 11.8 Å². The van der Waals surface area contributed by atoms with Crippen molar-refractivity contribution in [3.63, 3.8) is 0 Å². The van der Waals surface area contributed by atoms with Crippen LogP contribution in [0, 0.1) is 0 Å². The molecule has 0 saturated carbocycles. The molecule has 0 aromatic carbocycles. The summed E-state index contributed by atoms with van der Waals surface area (Å²) in [5.41, 5.74) is 0. The van der Waals surface area contributed by atoms with Gasteiger partial charge in [0.25, 0.3) is 0 Å². The van der Waals surface area contributed by atoms with E-state index in [1.165, 1.54) is 180 Å². The summed E-state index contributed by atoms with van der Waals surface area (Å²) in [4.78, 5) is 9.97. The quantitative estimate of drug-likeness (QED) is 0.0445. The molecule has 0 amide bonds. The minimum Gasteiger partial charge on any atom is -0.392 e. The summed E-state index contributed by atoms with van der Waals surface area (Å²) in [5.74, 6) is 2.16. The van der Waals surface area contributed by atoms with Crippen LogP contribution in [0.1, 0.15) is 259 Å². The first-order chi connectivity index (χ1) is 32.8. The van der Waals surface area contributed by atoms with Crippen LogP contribution in [-0.2, 0) is 0 Å². The van der Waals surface area contributed by atoms with Gasteiger partial charge in [-0.2, -0.15) is 11.8 Å². The Hall–Kier alpha value is 0.0300. The molecule has 4 unspecified atom stereocenters. The van der Waals surface area contributed by atoms with Gasteiger partial charge in [-0.1, -0.05) is 233 Å². The molecule has 8 nitrogen and oxygen atoms in total. The summed E-state index contributed by atoms with van der Waals surface area (Å²) in [5, 5.41) is 44.4. The Morgan fingerprint density at radius 3 is 0.881 bits per heavy atom. The van der Waals surface area contributed by atoms with Crippen molar-refractivity contribution in [2.45, 2.75) is 283 Å². The van der Waals surface area contributed by atoms with E-state index in [1.54, 1.807) is 0 Å². The molecule has 0 aromatic rings. The second kappa shape index (κ2) is 49.6. The molecule has 0 spiro atoms. The van der Waals surface area contributed by atoms with Gasteiger partial charge >= 0.3 is 0 Å². The zero-order valence-electron chi connectivity index (χ0n) is 45.7. The van der Waals surface area contributed by atoms with Crippen LogP contribution in [0.5, 0.6) is 0 Å². The SMILES string of the molecule is CCCCCCCCCCC(O)CN(CCSCCN1CCN(CCN(CC(O)CCCCCCCCCC)CC(O)CCCCCCCCCC)CC1)CC(O)CCCCCCCCCC. The molecular formula is C58H120N4O4S. The molecule has 0 bridgehead atoms. The van der Waals surface area contributed by atoms with Crippen LogP contribution in [0.3, 0.4) is 0 Å². The molecule has 9 heteroatoms. The van der Waals surface area contributed by atoms with Crippen molar-refractivity contribution in [1.29, 1.82) is 0 Å². The second-order valence-corrected chi connectivity index (χ2v) is 22.7. The van der Waals surface area contributed by atoms with Gasteiger partial charge in [-0.3, -0.25) is 19.6 Å². The lowest BCUT2D eigenvalue weighted by Crippen LogP contribution is -2.50. The van der Waals surface area contributed by atoms with E-state index in [2.05, 4.69) is 47.3 Å². The van der Waals surface area contributed by atoms with E-state index in [0.29, 0.717) is 26.2 Å². The van der Waals surface area contributed by atoms with Gasteiger partial charge in [0, 0.05) is 90.0 Å². The molecule has 1 fully saturated rings. The highest BCUT2D eigenvalue weighted by Gasteiger charge is 2.21. The number of unbranched alkanes of at least 4 members (excludes halogenated alkanes) is 28. The lowest BCUT2D eigenvalue weighted by Gasteiger charge is -2.36. The topological polar surface area (TPSA) is 93.9 Å². The molecule has 1 rings (SSSR count). The van der Waals surface area contributed by atoms with Crippen LogP contribution in [0.2, 0.25) is 0 Å². The van der Waals surface area contributed by atoms with Crippen molar-refractivity contribution < 1.29 is 20.4 Å². The first kappa shape index (κ1) is 65.0. The van der Waals surface area contributed by atoms with Crippen molar-refractivity contribution in [3.8, 4) is 0 Å². The monoisotopic (exact) mass is 969 g/mol. The normalized spacial score (nSPS) is 15.9. The first-order valence-corrected chi connectivity index (χ1v) is 31.2. The van der Waals surface area contributed by atoms with E-state index in [0.717, 1.165) is 115 Å². The molecule has 0 aliphatic carbocycles. The van der Waals surface area contributed by atoms with Crippen LogP contribution in [-0.4, -0.2) is 154 Å². The largest absolute Gasteiger partial charge is 0.392 e. The smallest absolute Gasteiger partial charge is 0.0667 e. The van der Waals surface area contributed by atoms with Gasteiger partial charge in [0.15, 0.2) is 0 Å². The number of hydrogen-bond donors (Lipinski definition) is 4. The minimum absolute atomic E-state index is 0.307. The average molecular weight is 970 g/mol. The zero-order chi connectivity index (χ0) is 48.7. The number of piperazine rings is 1. The number of rotatable bonds is 53. The predicted molar refractivity (Wildman–Crippen MR) is 296 cm³/mol. The standard InChI is InChI=1S/C58H120N4O4S/c1-5-9-13-17-21-25-29-33-37-55(63)51-61(52-56(64)38-34-30-26-22-18-14-10-6-2)46-45-59-41-43-60(44-42-59)47-49-67-50-48-62(53-57(65)39-35-31-27-23-19-15-11-7-3)54-58(66)40-36-32-28-24-20-16-12-8-4/h55-58,63-66H,5-54H2,1-4H3. The maximum atomic E-state index is 11.1. The molecule has 1 saturated heterocycles. The number of aliphatic hydroxyl groups excluding tert-OH is 4. The van der Waals surface area contributed by atoms with E-state index in [9.17, 15) is 20.4 Å². The van der Waals surface area contributed by atoms with Gasteiger partial charge in [-0.15, -0.1) is 0 Å². The lowest BCUT2D eigenvalue weighted by molar-refractivity contribution is 0.0500. The second-order valence-electron chi connectivity index (χ2n) is 21.5. The fourth-order valence-electron chi connectivity index (χ4n) is 10.1. The molecule has 0 radical (unpaired) electrons. The average Bonchev–Trinajstić information content (AvgIpc) is 3.31. The Bertz CT molecular complexity index is 918. The highest BCUT2D eigenvalue weighted by atomic mass is 32.2. The number of thioether (sulfide) groups is 1. The minimum atomic E-state index is -0.314. The molecule has 0 aromatic heterocycles. The third-order valence-corrected chi connectivity index (χ3v) is 15.7. The predicted octanol–water partition coefficient (Wildman–Crippen LogP) is 13.5. The van der Waals surface area contributed by atoms with Crippen LogP contribution in [0.15, 0.2) is 0 Å². The van der Waals surface area contributed by atoms with Crippen molar-refractivity contribution in [1.82, 2.24) is 19.6 Å². The molecule has 1 aliphatic heterocycles. The summed E-state index contributed by atoms with van der Waals surface area (Å²) in [6.45, 7) is 20.2. The van der Waals surface area contributed by atoms with Crippen molar-refractivity contribution in [2.24, 2.45) is 0 Å². The maximum Gasteiger partial charge on any atom is 0.0667 e. The third kappa shape index (κ3) is 43.3. The number of nitrogens with zero attached hydrogens (tertiary/aromatic N) is 4. The van der Waals surface area contributed by atoms with E-state index in [-0.39, 0.29) is 24.4 Å². The maximum absolute atomic E-state index is 11.1. The van der Waals surface area contributed by atoms with Crippen LogP contribution in [0.25, 0.3) is 0 Å². The van der Waals surface area contributed by atoms with Crippen LogP contribution < -0.4 is 0 Å². The van der Waals surface area contributed by atoms with Gasteiger partial charge in [0.2, 0.25) is 0 Å². The van der Waals surface area contributed by atoms with Gasteiger partial charge in [0.1, 0.15) is 0 Å². The summed E-state index contributed by atoms with van der Waals surface area (Å²) in [6.07, 6.45) is 43.5. The van der Waals surface area contributed by atoms with E-state index in [1.807, 2.05) is 11.8 Å². The fraction of sp³-hybridized carbons (Fsp3) is 1.00. The Balaban J connectivity index is 2.51. The molecule has 1 aliphatic rings. The Kier molecular flexibility index (Phi) is 48.2. The van der Waals surface area contributed by atoms with Gasteiger partial charge in [-0.05, 0) is 25.7 Å². The van der Waals surface area contributed by atoms with E-state index in [4.69, 9.17) is 0 Å². The molecule has 4 atom stereocenters. The molecule has 1 heterocycles. The third-order valence-electron chi connectivity index (χ3n) is 14.7. The first-order valence-electron chi connectivity index (χ1n) is 30.0. The molecular weight excluding hydrogens is 849 g/mol. The molecule has 402 valence electrons. The van der Waals surface area contributed by atoms with Gasteiger partial charge in [-0.25, -0.2) is 0 Å². The summed E-state index contributed by atoms with van der Waals surface area (Å²) >= 11 is 2.03.